The first-order valence-electron chi connectivity index (χ1n) is 4.30. The number of hydrogen-bond acceptors (Lipinski definition) is 1. The Labute approximate surface area is 73.3 Å². The Balaban J connectivity index is 2.71. The van der Waals surface area contributed by atoms with Gasteiger partial charge in [-0.05, 0) is 38.1 Å². The number of ether oxygens (including phenoxy) is 1. The van der Waals surface area contributed by atoms with Gasteiger partial charge < -0.3 is 10.5 Å². The van der Waals surface area contributed by atoms with Crippen LogP contribution in [0.5, 0.6) is 5.75 Å². The zero-order valence-corrected chi connectivity index (χ0v) is 7.71. The third-order valence-electron chi connectivity index (χ3n) is 1.76. The van der Waals surface area contributed by atoms with Crippen molar-refractivity contribution in [3.05, 3.63) is 29.8 Å². The molecule has 0 saturated heterocycles. The van der Waals surface area contributed by atoms with Gasteiger partial charge in [0.15, 0.2) is 0 Å². The van der Waals surface area contributed by atoms with Gasteiger partial charge in [-0.3, -0.25) is 0 Å². The summed E-state index contributed by atoms with van der Waals surface area (Å²) in [5.41, 5.74) is 5.19. The Morgan fingerprint density at radius 3 is 2.33 bits per heavy atom. The molecule has 1 aromatic carbocycles. The molecule has 2 nitrogen and oxygen atoms in total. The molecule has 0 heterocycles. The number of benzene rings is 1. The second kappa shape index (κ2) is 4.12. The van der Waals surface area contributed by atoms with Gasteiger partial charge in [0.25, 0.3) is 0 Å². The van der Waals surface area contributed by atoms with Crippen LogP contribution in [0.4, 0.5) is 0 Å². The van der Waals surface area contributed by atoms with Crippen molar-refractivity contribution in [2.75, 3.05) is 6.61 Å². The van der Waals surface area contributed by atoms with Gasteiger partial charge in [-0.15, -0.1) is 0 Å². The Bertz CT molecular complexity index is 228. The fourth-order valence-electron chi connectivity index (χ4n) is 1.06. The van der Waals surface area contributed by atoms with E-state index in [4.69, 9.17) is 4.74 Å². The first-order valence-corrected chi connectivity index (χ1v) is 4.30. The fraction of sp³-hybridized carbons (Fsp3) is 0.400. The summed E-state index contributed by atoms with van der Waals surface area (Å²) in [6.07, 6.45) is 0. The molecule has 0 aliphatic heterocycles. The van der Waals surface area contributed by atoms with E-state index in [-0.39, 0.29) is 0 Å². The van der Waals surface area contributed by atoms with Gasteiger partial charge in [-0.2, -0.15) is 0 Å². The molecule has 0 aromatic heterocycles. The number of quaternary nitrogens is 1. The van der Waals surface area contributed by atoms with E-state index in [1.54, 1.807) is 0 Å². The van der Waals surface area contributed by atoms with E-state index in [1.807, 2.05) is 19.1 Å². The van der Waals surface area contributed by atoms with E-state index in [9.17, 15) is 0 Å². The molecule has 1 rings (SSSR count). The zero-order chi connectivity index (χ0) is 8.97. The molecule has 1 atom stereocenters. The van der Waals surface area contributed by atoms with E-state index in [0.29, 0.717) is 6.04 Å². The average Bonchev–Trinajstić information content (AvgIpc) is 2.06. The van der Waals surface area contributed by atoms with Crippen molar-refractivity contribution < 1.29 is 10.5 Å². The Morgan fingerprint density at radius 1 is 1.33 bits per heavy atom. The highest BCUT2D eigenvalue weighted by Crippen LogP contribution is 2.14. The van der Waals surface area contributed by atoms with Crippen LogP contribution >= 0.6 is 0 Å². The van der Waals surface area contributed by atoms with Crippen molar-refractivity contribution in [2.45, 2.75) is 19.9 Å². The molecule has 0 aliphatic carbocycles. The molecule has 0 spiro atoms. The number of rotatable bonds is 3. The highest BCUT2D eigenvalue weighted by atomic mass is 16.5. The van der Waals surface area contributed by atoms with Crippen molar-refractivity contribution in [3.8, 4) is 5.75 Å². The maximum Gasteiger partial charge on any atom is 0.119 e. The van der Waals surface area contributed by atoms with Crippen LogP contribution in [0.1, 0.15) is 25.5 Å². The summed E-state index contributed by atoms with van der Waals surface area (Å²) in [5, 5.41) is 0. The topological polar surface area (TPSA) is 36.9 Å². The van der Waals surface area contributed by atoms with Crippen LogP contribution in [0, 0.1) is 0 Å². The lowest BCUT2D eigenvalue weighted by Crippen LogP contribution is -2.51. The van der Waals surface area contributed by atoms with Gasteiger partial charge in [0.1, 0.15) is 11.8 Å². The zero-order valence-electron chi connectivity index (χ0n) is 7.71. The van der Waals surface area contributed by atoms with Crippen molar-refractivity contribution in [1.82, 2.24) is 0 Å². The first kappa shape index (κ1) is 9.07. The van der Waals surface area contributed by atoms with Crippen LogP contribution in [-0.2, 0) is 0 Å². The van der Waals surface area contributed by atoms with Crippen LogP contribution in [0.25, 0.3) is 0 Å². The summed E-state index contributed by atoms with van der Waals surface area (Å²) in [7, 11) is 0. The summed E-state index contributed by atoms with van der Waals surface area (Å²) in [6, 6.07) is 8.44. The first-order chi connectivity index (χ1) is 5.74. The second-order valence-corrected chi connectivity index (χ2v) is 2.90. The summed E-state index contributed by atoms with van der Waals surface area (Å²) in [4.78, 5) is 0. The lowest BCUT2D eigenvalue weighted by Gasteiger charge is -2.05. The van der Waals surface area contributed by atoms with Crippen LogP contribution in [0.3, 0.4) is 0 Å². The van der Waals surface area contributed by atoms with E-state index in [2.05, 4.69) is 24.8 Å². The normalized spacial score (nSPS) is 12.6. The van der Waals surface area contributed by atoms with Crippen LogP contribution < -0.4 is 10.5 Å². The van der Waals surface area contributed by atoms with E-state index >= 15 is 0 Å². The van der Waals surface area contributed by atoms with Gasteiger partial charge in [-0.1, -0.05) is 0 Å². The van der Waals surface area contributed by atoms with E-state index in [0.717, 1.165) is 12.4 Å². The van der Waals surface area contributed by atoms with Crippen LogP contribution in [0.15, 0.2) is 24.3 Å². The van der Waals surface area contributed by atoms with Gasteiger partial charge >= 0.3 is 0 Å². The van der Waals surface area contributed by atoms with Gasteiger partial charge in [-0.25, -0.2) is 0 Å². The molecule has 0 fully saturated rings. The minimum atomic E-state index is 0.348. The highest BCUT2D eigenvalue weighted by Gasteiger charge is 2.01. The SMILES string of the molecule is CCOc1ccc([C@H](C)[NH3+])cc1. The molecule has 0 unspecified atom stereocenters. The smallest absolute Gasteiger partial charge is 0.119 e. The summed E-state index contributed by atoms with van der Waals surface area (Å²) in [5.74, 6) is 0.932. The Hall–Kier alpha value is -1.02. The summed E-state index contributed by atoms with van der Waals surface area (Å²) in [6.45, 7) is 4.78. The quantitative estimate of drug-likeness (QED) is 0.723. The van der Waals surface area contributed by atoms with Gasteiger partial charge in [0, 0.05) is 5.56 Å². The molecule has 0 amide bonds. The van der Waals surface area contributed by atoms with Crippen molar-refractivity contribution in [3.63, 3.8) is 0 Å². The second-order valence-electron chi connectivity index (χ2n) is 2.90. The number of hydrogen-bond donors (Lipinski definition) is 1. The maximum atomic E-state index is 5.32. The van der Waals surface area contributed by atoms with E-state index in [1.165, 1.54) is 5.56 Å². The Morgan fingerprint density at radius 2 is 1.92 bits per heavy atom. The van der Waals surface area contributed by atoms with Gasteiger partial charge in [0.05, 0.1) is 6.61 Å². The molecule has 2 heteroatoms. The average molecular weight is 166 g/mol. The largest absolute Gasteiger partial charge is 0.494 e. The minimum absolute atomic E-state index is 0.348. The molecule has 3 N–H and O–H groups in total. The molecular formula is C10H16NO+. The summed E-state index contributed by atoms with van der Waals surface area (Å²) >= 11 is 0. The molecule has 1 aromatic rings. The predicted octanol–water partition coefficient (Wildman–Crippen LogP) is 1.39. The molecule has 0 saturated carbocycles. The molecule has 12 heavy (non-hydrogen) atoms. The standard InChI is InChI=1S/C10H15NO/c1-3-12-10-6-4-9(5-7-10)8(2)11/h4-8H,3,11H2,1-2H3/p+1/t8-/m0/s1. The van der Waals surface area contributed by atoms with Crippen molar-refractivity contribution in [2.24, 2.45) is 0 Å². The lowest BCUT2D eigenvalue weighted by molar-refractivity contribution is -0.420. The molecule has 66 valence electrons. The third kappa shape index (κ3) is 2.24. The molecule has 0 bridgehead atoms. The summed E-state index contributed by atoms with van der Waals surface area (Å²) < 4.78 is 5.32. The molecule has 0 aliphatic rings. The molecule has 0 radical (unpaired) electrons. The fourth-order valence-corrected chi connectivity index (χ4v) is 1.06. The lowest BCUT2D eigenvalue weighted by atomic mass is 10.1. The Kier molecular flexibility index (Phi) is 3.11. The van der Waals surface area contributed by atoms with Crippen LogP contribution in [0.2, 0.25) is 0 Å². The maximum absolute atomic E-state index is 5.32. The van der Waals surface area contributed by atoms with E-state index < -0.39 is 0 Å². The van der Waals surface area contributed by atoms with Crippen LogP contribution in [-0.4, -0.2) is 6.61 Å². The third-order valence-corrected chi connectivity index (χ3v) is 1.76. The predicted molar refractivity (Wildman–Crippen MR) is 48.9 cm³/mol. The monoisotopic (exact) mass is 166 g/mol. The van der Waals surface area contributed by atoms with Crippen molar-refractivity contribution in [1.29, 1.82) is 0 Å². The minimum Gasteiger partial charge on any atom is -0.494 e. The van der Waals surface area contributed by atoms with Crippen molar-refractivity contribution >= 4 is 0 Å². The molecular weight excluding hydrogens is 150 g/mol. The highest BCUT2D eigenvalue weighted by molar-refractivity contribution is 5.27. The van der Waals surface area contributed by atoms with Gasteiger partial charge in [0.2, 0.25) is 0 Å².